The van der Waals surface area contributed by atoms with Crippen molar-refractivity contribution in [3.63, 3.8) is 0 Å². The molecule has 1 aliphatic rings. The number of urea groups is 1. The Morgan fingerprint density at radius 1 is 1.29 bits per heavy atom. The van der Waals surface area contributed by atoms with E-state index in [2.05, 4.69) is 10.3 Å². The highest BCUT2D eigenvalue weighted by atomic mass is 19.1. The van der Waals surface area contributed by atoms with Gasteiger partial charge in [0.1, 0.15) is 5.82 Å². The Morgan fingerprint density at radius 3 is 2.64 bits per heavy atom. The number of amides is 3. The van der Waals surface area contributed by atoms with Crippen molar-refractivity contribution in [3.8, 4) is 5.69 Å². The number of aromatic nitrogens is 2. The zero-order valence-corrected chi connectivity index (χ0v) is 16.3. The molecule has 8 heteroatoms. The molecule has 7 nitrogen and oxygen atoms in total. The van der Waals surface area contributed by atoms with Crippen LogP contribution in [0.5, 0.6) is 0 Å². The van der Waals surface area contributed by atoms with E-state index in [1.54, 1.807) is 53.0 Å². The van der Waals surface area contributed by atoms with Crippen LogP contribution in [0.15, 0.2) is 36.9 Å². The first-order valence-electron chi connectivity index (χ1n) is 9.43. The van der Waals surface area contributed by atoms with Crippen LogP contribution in [0.2, 0.25) is 0 Å². The molecule has 1 aromatic heterocycles. The summed E-state index contributed by atoms with van der Waals surface area (Å²) in [4.78, 5) is 31.5. The van der Waals surface area contributed by atoms with Crippen LogP contribution in [-0.2, 0) is 11.3 Å². The third kappa shape index (κ3) is 4.88. The van der Waals surface area contributed by atoms with Crippen LogP contribution in [-0.4, -0.2) is 58.5 Å². The van der Waals surface area contributed by atoms with E-state index in [9.17, 15) is 14.0 Å². The number of carbonyl (C=O) groups excluding carboxylic acids is 2. The van der Waals surface area contributed by atoms with Gasteiger partial charge in [0.05, 0.1) is 12.0 Å². The Balaban J connectivity index is 1.47. The molecule has 28 heavy (non-hydrogen) atoms. The number of rotatable bonds is 5. The van der Waals surface area contributed by atoms with E-state index in [0.717, 1.165) is 12.8 Å². The smallest absolute Gasteiger partial charge is 0.317 e. The minimum Gasteiger partial charge on any atom is -0.349 e. The molecule has 2 aromatic rings. The molecule has 1 aliphatic heterocycles. The maximum Gasteiger partial charge on any atom is 0.317 e. The molecule has 3 amide bonds. The fourth-order valence-electron chi connectivity index (χ4n) is 3.33. The lowest BCUT2D eigenvalue weighted by atomic mass is 9.93. The number of halogens is 1. The SMILES string of the molecule is CN(C)C(=O)CC1CCN(C(=O)NCc2ccc(-n3ccnc3)c(F)c2)CC1. The minimum absolute atomic E-state index is 0.129. The van der Waals surface area contributed by atoms with Crippen LogP contribution in [0.3, 0.4) is 0 Å². The molecule has 1 saturated heterocycles. The first-order chi connectivity index (χ1) is 13.4. The van der Waals surface area contributed by atoms with Crippen molar-refractivity contribution in [2.24, 2.45) is 5.92 Å². The van der Waals surface area contributed by atoms with Crippen molar-refractivity contribution in [2.45, 2.75) is 25.8 Å². The van der Waals surface area contributed by atoms with Gasteiger partial charge < -0.3 is 19.7 Å². The van der Waals surface area contributed by atoms with Crippen LogP contribution < -0.4 is 5.32 Å². The van der Waals surface area contributed by atoms with Crippen LogP contribution in [0.4, 0.5) is 9.18 Å². The van der Waals surface area contributed by atoms with Crippen molar-refractivity contribution < 1.29 is 14.0 Å². The topological polar surface area (TPSA) is 70.5 Å². The molecule has 150 valence electrons. The standard InChI is InChI=1S/C20H26FN5O2/c1-24(2)19(27)12-15-5-8-25(9-6-15)20(28)23-13-16-3-4-18(17(21)11-16)26-10-7-22-14-26/h3-4,7,10-11,14-15H,5-6,8-9,12-13H2,1-2H3,(H,23,28). The monoisotopic (exact) mass is 387 g/mol. The number of likely N-dealkylation sites (tertiary alicyclic amines) is 1. The molecule has 0 spiro atoms. The van der Waals surface area contributed by atoms with Gasteiger partial charge in [0.25, 0.3) is 0 Å². The zero-order valence-electron chi connectivity index (χ0n) is 16.3. The van der Waals surface area contributed by atoms with Gasteiger partial charge in [-0.05, 0) is 36.5 Å². The maximum absolute atomic E-state index is 14.3. The molecule has 0 aliphatic carbocycles. The average molecular weight is 387 g/mol. The summed E-state index contributed by atoms with van der Waals surface area (Å²) in [6.07, 6.45) is 6.98. The Labute approximate surface area is 164 Å². The van der Waals surface area contributed by atoms with E-state index in [0.29, 0.717) is 36.7 Å². The van der Waals surface area contributed by atoms with Crippen molar-refractivity contribution >= 4 is 11.9 Å². The molecule has 0 radical (unpaired) electrons. The highest BCUT2D eigenvalue weighted by Crippen LogP contribution is 2.21. The predicted molar refractivity (Wildman–Crippen MR) is 103 cm³/mol. The summed E-state index contributed by atoms with van der Waals surface area (Å²) in [5.41, 5.74) is 1.11. The van der Waals surface area contributed by atoms with Crippen molar-refractivity contribution in [3.05, 3.63) is 48.3 Å². The van der Waals surface area contributed by atoms with E-state index >= 15 is 0 Å². The molecular formula is C20H26FN5O2. The molecule has 0 saturated carbocycles. The third-order valence-electron chi connectivity index (χ3n) is 5.10. The number of imidazole rings is 1. The average Bonchev–Trinajstić information content (AvgIpc) is 3.21. The summed E-state index contributed by atoms with van der Waals surface area (Å²) in [6, 6.07) is 4.73. The van der Waals surface area contributed by atoms with Gasteiger partial charge in [-0.1, -0.05) is 6.07 Å². The van der Waals surface area contributed by atoms with Gasteiger partial charge in [0, 0.05) is 52.5 Å². The molecule has 1 N–H and O–H groups in total. The molecule has 0 unspecified atom stereocenters. The lowest BCUT2D eigenvalue weighted by molar-refractivity contribution is -0.129. The molecule has 3 rings (SSSR count). The summed E-state index contributed by atoms with van der Waals surface area (Å²) in [7, 11) is 3.52. The highest BCUT2D eigenvalue weighted by Gasteiger charge is 2.24. The highest BCUT2D eigenvalue weighted by molar-refractivity contribution is 5.76. The number of carbonyl (C=O) groups is 2. The summed E-state index contributed by atoms with van der Waals surface area (Å²) >= 11 is 0. The first-order valence-corrected chi connectivity index (χ1v) is 9.43. The summed E-state index contributed by atoms with van der Waals surface area (Å²) < 4.78 is 15.9. The maximum atomic E-state index is 14.3. The molecular weight excluding hydrogens is 361 g/mol. The summed E-state index contributed by atoms with van der Waals surface area (Å²) in [5.74, 6) is 0.0870. The van der Waals surface area contributed by atoms with E-state index < -0.39 is 0 Å². The summed E-state index contributed by atoms with van der Waals surface area (Å²) in [5, 5.41) is 2.85. The van der Waals surface area contributed by atoms with Gasteiger partial charge in [-0.25, -0.2) is 14.2 Å². The summed E-state index contributed by atoms with van der Waals surface area (Å²) in [6.45, 7) is 1.52. The number of nitrogens with one attached hydrogen (secondary N) is 1. The second kappa shape index (κ2) is 8.86. The molecule has 1 aromatic carbocycles. The lowest BCUT2D eigenvalue weighted by Crippen LogP contribution is -2.44. The van der Waals surface area contributed by atoms with Gasteiger partial charge in [-0.15, -0.1) is 0 Å². The normalized spacial score (nSPS) is 14.8. The van der Waals surface area contributed by atoms with E-state index in [-0.39, 0.29) is 24.3 Å². The second-order valence-corrected chi connectivity index (χ2v) is 7.34. The lowest BCUT2D eigenvalue weighted by Gasteiger charge is -2.32. The van der Waals surface area contributed by atoms with Crippen LogP contribution in [0, 0.1) is 11.7 Å². The van der Waals surface area contributed by atoms with Gasteiger partial charge in [-0.3, -0.25) is 4.79 Å². The molecule has 0 bridgehead atoms. The largest absolute Gasteiger partial charge is 0.349 e. The quantitative estimate of drug-likeness (QED) is 0.857. The van der Waals surface area contributed by atoms with Crippen molar-refractivity contribution in [2.75, 3.05) is 27.2 Å². The van der Waals surface area contributed by atoms with Gasteiger partial charge in [-0.2, -0.15) is 0 Å². The fourth-order valence-corrected chi connectivity index (χ4v) is 3.33. The van der Waals surface area contributed by atoms with E-state index in [1.807, 2.05) is 0 Å². The predicted octanol–water partition coefficient (Wildman–Crippen LogP) is 2.41. The Kier molecular flexibility index (Phi) is 6.28. The number of hydrogen-bond acceptors (Lipinski definition) is 3. The van der Waals surface area contributed by atoms with Gasteiger partial charge in [0.15, 0.2) is 0 Å². The molecule has 0 atom stereocenters. The number of hydrogen-bond donors (Lipinski definition) is 1. The fraction of sp³-hybridized carbons (Fsp3) is 0.450. The van der Waals surface area contributed by atoms with Crippen molar-refractivity contribution in [1.82, 2.24) is 24.7 Å². The zero-order chi connectivity index (χ0) is 20.1. The van der Waals surface area contributed by atoms with Gasteiger partial charge in [0.2, 0.25) is 5.91 Å². The minimum atomic E-state index is -0.365. The van der Waals surface area contributed by atoms with Crippen LogP contribution in [0.1, 0.15) is 24.8 Å². The van der Waals surface area contributed by atoms with Crippen molar-refractivity contribution in [1.29, 1.82) is 0 Å². The van der Waals surface area contributed by atoms with Crippen LogP contribution >= 0.6 is 0 Å². The van der Waals surface area contributed by atoms with Gasteiger partial charge >= 0.3 is 6.03 Å². The second-order valence-electron chi connectivity index (χ2n) is 7.34. The number of nitrogens with zero attached hydrogens (tertiary/aromatic N) is 4. The number of benzene rings is 1. The van der Waals surface area contributed by atoms with E-state index in [4.69, 9.17) is 0 Å². The number of piperidine rings is 1. The first kappa shape index (κ1) is 19.9. The Hall–Kier alpha value is -2.90. The van der Waals surface area contributed by atoms with E-state index in [1.165, 1.54) is 12.4 Å². The van der Waals surface area contributed by atoms with Crippen LogP contribution in [0.25, 0.3) is 5.69 Å². The molecule has 1 fully saturated rings. The third-order valence-corrected chi connectivity index (χ3v) is 5.10. The molecule has 2 heterocycles. The Bertz CT molecular complexity index is 814. The Morgan fingerprint density at radius 2 is 2.04 bits per heavy atom.